The SMILES string of the molecule is CCN(Cc1ccc(C#N)cc1F)C(=O)C1(CN)CC1. The summed E-state index contributed by atoms with van der Waals surface area (Å²) in [5.41, 5.74) is 5.95. The van der Waals surface area contributed by atoms with Crippen molar-refractivity contribution in [3.05, 3.63) is 35.1 Å². The van der Waals surface area contributed by atoms with Crippen LogP contribution in [0.2, 0.25) is 0 Å². The quantitative estimate of drug-likeness (QED) is 0.890. The van der Waals surface area contributed by atoms with Crippen LogP contribution in [0.5, 0.6) is 0 Å². The number of carbonyl (C=O) groups is 1. The molecule has 1 saturated carbocycles. The number of hydrogen-bond donors (Lipinski definition) is 1. The molecule has 2 rings (SSSR count). The van der Waals surface area contributed by atoms with Gasteiger partial charge in [-0.1, -0.05) is 6.07 Å². The summed E-state index contributed by atoms with van der Waals surface area (Å²) in [6.45, 7) is 2.94. The lowest BCUT2D eigenvalue weighted by Gasteiger charge is -2.25. The maximum Gasteiger partial charge on any atom is 0.230 e. The van der Waals surface area contributed by atoms with Crippen LogP contribution < -0.4 is 5.73 Å². The van der Waals surface area contributed by atoms with Crippen molar-refractivity contribution in [3.8, 4) is 6.07 Å². The molecule has 1 aromatic rings. The topological polar surface area (TPSA) is 70.1 Å². The molecule has 0 aliphatic heterocycles. The van der Waals surface area contributed by atoms with Crippen LogP contribution in [0.4, 0.5) is 4.39 Å². The Hall–Kier alpha value is -1.93. The third-order valence-electron chi connectivity index (χ3n) is 3.91. The summed E-state index contributed by atoms with van der Waals surface area (Å²) in [5, 5.41) is 8.72. The zero-order valence-electron chi connectivity index (χ0n) is 11.5. The van der Waals surface area contributed by atoms with Crippen LogP contribution >= 0.6 is 0 Å². The van der Waals surface area contributed by atoms with Crippen molar-refractivity contribution in [1.29, 1.82) is 5.26 Å². The molecular weight excluding hydrogens is 257 g/mol. The monoisotopic (exact) mass is 275 g/mol. The van der Waals surface area contributed by atoms with Crippen LogP contribution in [0, 0.1) is 22.6 Å². The van der Waals surface area contributed by atoms with Crippen molar-refractivity contribution >= 4 is 5.91 Å². The van der Waals surface area contributed by atoms with E-state index >= 15 is 0 Å². The van der Waals surface area contributed by atoms with Gasteiger partial charge in [0.05, 0.1) is 17.0 Å². The van der Waals surface area contributed by atoms with Crippen LogP contribution in [0.25, 0.3) is 0 Å². The van der Waals surface area contributed by atoms with Gasteiger partial charge in [0.15, 0.2) is 0 Å². The van der Waals surface area contributed by atoms with E-state index in [1.807, 2.05) is 13.0 Å². The summed E-state index contributed by atoms with van der Waals surface area (Å²) in [7, 11) is 0. The predicted octanol–water partition coefficient (Wildman–Crippen LogP) is 1.78. The zero-order valence-corrected chi connectivity index (χ0v) is 11.5. The van der Waals surface area contributed by atoms with E-state index in [9.17, 15) is 9.18 Å². The van der Waals surface area contributed by atoms with Gasteiger partial charge in [0, 0.05) is 25.2 Å². The molecule has 5 heteroatoms. The van der Waals surface area contributed by atoms with Crippen molar-refractivity contribution in [1.82, 2.24) is 4.90 Å². The first-order valence-corrected chi connectivity index (χ1v) is 6.74. The third-order valence-corrected chi connectivity index (χ3v) is 3.91. The molecule has 1 amide bonds. The largest absolute Gasteiger partial charge is 0.338 e. The van der Waals surface area contributed by atoms with E-state index in [2.05, 4.69) is 0 Å². The van der Waals surface area contributed by atoms with Gasteiger partial charge in [-0.05, 0) is 31.9 Å². The Bertz CT molecular complexity index is 561. The van der Waals surface area contributed by atoms with Gasteiger partial charge in [-0.15, -0.1) is 0 Å². The second kappa shape index (κ2) is 5.59. The van der Waals surface area contributed by atoms with Crippen molar-refractivity contribution in [2.45, 2.75) is 26.3 Å². The van der Waals surface area contributed by atoms with Crippen molar-refractivity contribution in [3.63, 3.8) is 0 Å². The highest BCUT2D eigenvalue weighted by Crippen LogP contribution is 2.46. The predicted molar refractivity (Wildman–Crippen MR) is 72.9 cm³/mol. The lowest BCUT2D eigenvalue weighted by Crippen LogP contribution is -2.40. The number of nitriles is 1. The van der Waals surface area contributed by atoms with Gasteiger partial charge in [-0.25, -0.2) is 4.39 Å². The summed E-state index contributed by atoms with van der Waals surface area (Å²) in [6, 6.07) is 6.21. The van der Waals surface area contributed by atoms with Gasteiger partial charge in [-0.2, -0.15) is 5.26 Å². The molecule has 0 radical (unpaired) electrons. The van der Waals surface area contributed by atoms with Crippen LogP contribution in [-0.4, -0.2) is 23.9 Å². The first kappa shape index (κ1) is 14.5. The molecule has 0 atom stereocenters. The molecule has 1 aromatic carbocycles. The molecule has 4 nitrogen and oxygen atoms in total. The summed E-state index contributed by atoms with van der Waals surface area (Å²) in [4.78, 5) is 14.0. The molecule has 2 N–H and O–H groups in total. The van der Waals surface area contributed by atoms with Crippen molar-refractivity contribution in [2.75, 3.05) is 13.1 Å². The Morgan fingerprint density at radius 2 is 2.25 bits per heavy atom. The zero-order chi connectivity index (χ0) is 14.8. The number of hydrogen-bond acceptors (Lipinski definition) is 3. The van der Waals surface area contributed by atoms with Crippen LogP contribution in [-0.2, 0) is 11.3 Å². The van der Waals surface area contributed by atoms with E-state index in [4.69, 9.17) is 11.0 Å². The van der Waals surface area contributed by atoms with E-state index in [-0.39, 0.29) is 18.0 Å². The molecule has 106 valence electrons. The average molecular weight is 275 g/mol. The fraction of sp³-hybridized carbons (Fsp3) is 0.467. The molecule has 0 heterocycles. The number of nitrogens with zero attached hydrogens (tertiary/aromatic N) is 2. The maximum absolute atomic E-state index is 13.9. The number of benzene rings is 1. The number of nitrogens with two attached hydrogens (primary N) is 1. The van der Waals surface area contributed by atoms with Gasteiger partial charge in [0.1, 0.15) is 5.82 Å². The number of amides is 1. The number of halogens is 1. The van der Waals surface area contributed by atoms with Crippen LogP contribution in [0.1, 0.15) is 30.9 Å². The molecule has 0 aromatic heterocycles. The van der Waals surface area contributed by atoms with E-state index in [1.54, 1.807) is 17.0 Å². The molecule has 1 aliphatic carbocycles. The number of carbonyl (C=O) groups excluding carboxylic acids is 1. The molecule has 1 fully saturated rings. The fourth-order valence-electron chi connectivity index (χ4n) is 2.27. The van der Waals surface area contributed by atoms with Gasteiger partial charge >= 0.3 is 0 Å². The minimum absolute atomic E-state index is 0.00580. The molecule has 0 saturated heterocycles. The molecule has 0 unspecified atom stereocenters. The standard InChI is InChI=1S/C15H18FN3O/c1-2-19(14(20)15(10-18)5-6-15)9-12-4-3-11(8-17)7-13(12)16/h3-4,7H,2,5-6,9-10,18H2,1H3. The summed E-state index contributed by atoms with van der Waals surface area (Å²) in [5.74, 6) is -0.445. The first-order chi connectivity index (χ1) is 9.56. The van der Waals surface area contributed by atoms with Crippen molar-refractivity contribution < 1.29 is 9.18 Å². The normalized spacial score (nSPS) is 15.5. The molecule has 0 bridgehead atoms. The molecule has 20 heavy (non-hydrogen) atoms. The fourth-order valence-corrected chi connectivity index (χ4v) is 2.27. The van der Waals surface area contributed by atoms with Crippen LogP contribution in [0.15, 0.2) is 18.2 Å². The molecular formula is C15H18FN3O. The van der Waals surface area contributed by atoms with Gasteiger partial charge in [-0.3, -0.25) is 4.79 Å². The lowest BCUT2D eigenvalue weighted by molar-refractivity contribution is -0.137. The van der Waals surface area contributed by atoms with Gasteiger partial charge < -0.3 is 10.6 Å². The van der Waals surface area contributed by atoms with E-state index in [1.165, 1.54) is 6.07 Å². The smallest absolute Gasteiger partial charge is 0.230 e. The Labute approximate surface area is 118 Å². The van der Waals surface area contributed by atoms with Crippen LogP contribution in [0.3, 0.4) is 0 Å². The van der Waals surface area contributed by atoms with Gasteiger partial charge in [0.25, 0.3) is 0 Å². The summed E-state index contributed by atoms with van der Waals surface area (Å²) < 4.78 is 13.9. The second-order valence-electron chi connectivity index (χ2n) is 5.22. The average Bonchev–Trinajstić information content (AvgIpc) is 3.26. The highest BCUT2D eigenvalue weighted by molar-refractivity contribution is 5.85. The third kappa shape index (κ3) is 2.66. The number of rotatable bonds is 5. The summed E-state index contributed by atoms with van der Waals surface area (Å²) >= 11 is 0. The molecule has 1 aliphatic rings. The van der Waals surface area contributed by atoms with E-state index in [0.29, 0.717) is 18.7 Å². The van der Waals surface area contributed by atoms with Crippen molar-refractivity contribution in [2.24, 2.45) is 11.1 Å². The lowest BCUT2D eigenvalue weighted by atomic mass is 10.0. The Morgan fingerprint density at radius 3 is 2.70 bits per heavy atom. The second-order valence-corrected chi connectivity index (χ2v) is 5.22. The highest BCUT2D eigenvalue weighted by atomic mass is 19.1. The van der Waals surface area contributed by atoms with E-state index in [0.717, 1.165) is 12.8 Å². The van der Waals surface area contributed by atoms with Gasteiger partial charge in [0.2, 0.25) is 5.91 Å². The van der Waals surface area contributed by atoms with E-state index < -0.39 is 11.2 Å². The summed E-state index contributed by atoms with van der Waals surface area (Å²) in [6.07, 6.45) is 1.63. The Kier molecular flexibility index (Phi) is 4.05. The minimum Gasteiger partial charge on any atom is -0.338 e. The molecule has 0 spiro atoms. The first-order valence-electron chi connectivity index (χ1n) is 6.74. The Balaban J connectivity index is 2.15. The minimum atomic E-state index is -0.451. The Morgan fingerprint density at radius 1 is 1.55 bits per heavy atom. The highest BCUT2D eigenvalue weighted by Gasteiger charge is 2.50. The maximum atomic E-state index is 13.9.